The fourth-order valence-electron chi connectivity index (χ4n) is 3.09. The van der Waals surface area contributed by atoms with Crippen LogP contribution in [0.1, 0.15) is 5.56 Å². The van der Waals surface area contributed by atoms with E-state index in [-0.39, 0.29) is 18.0 Å². The van der Waals surface area contributed by atoms with Crippen LogP contribution in [0.2, 0.25) is 0 Å². The molecule has 1 amide bonds. The van der Waals surface area contributed by atoms with E-state index < -0.39 is 0 Å². The number of fused-ring (bicyclic) bond motifs is 1. The first-order chi connectivity index (χ1) is 15.1. The first-order valence-electron chi connectivity index (χ1n) is 9.58. The number of para-hydroxylation sites is 1. The van der Waals surface area contributed by atoms with Gasteiger partial charge in [-0.15, -0.1) is 0 Å². The van der Waals surface area contributed by atoms with Crippen molar-refractivity contribution in [3.05, 3.63) is 89.2 Å². The summed E-state index contributed by atoms with van der Waals surface area (Å²) in [7, 11) is 1.55. The van der Waals surface area contributed by atoms with E-state index >= 15 is 0 Å². The lowest BCUT2D eigenvalue weighted by Gasteiger charge is -2.13. The van der Waals surface area contributed by atoms with Crippen molar-refractivity contribution in [3.8, 4) is 11.5 Å². The van der Waals surface area contributed by atoms with Crippen LogP contribution in [0.5, 0.6) is 11.5 Å². The van der Waals surface area contributed by atoms with E-state index in [0.29, 0.717) is 34.7 Å². The average Bonchev–Trinajstić information content (AvgIpc) is 2.80. The summed E-state index contributed by atoms with van der Waals surface area (Å²) in [6, 6.07) is 15.8. The number of rotatable bonds is 7. The maximum absolute atomic E-state index is 12.6. The minimum absolute atomic E-state index is 0.158. The quantitative estimate of drug-likeness (QED) is 0.498. The first-order valence-corrected chi connectivity index (χ1v) is 9.58. The molecule has 0 aliphatic heterocycles. The zero-order valence-corrected chi connectivity index (χ0v) is 16.8. The topological polar surface area (TPSA) is 95.3 Å². The summed E-state index contributed by atoms with van der Waals surface area (Å²) in [5.74, 6) is 0.660. The van der Waals surface area contributed by atoms with Gasteiger partial charge in [-0.3, -0.25) is 19.1 Å². The second-order valence-electron chi connectivity index (χ2n) is 6.76. The summed E-state index contributed by atoms with van der Waals surface area (Å²) in [5, 5.41) is 3.25. The molecule has 0 spiro atoms. The second kappa shape index (κ2) is 9.08. The molecule has 2 aromatic carbocycles. The van der Waals surface area contributed by atoms with Crippen LogP contribution >= 0.6 is 0 Å². The van der Waals surface area contributed by atoms with E-state index in [1.165, 1.54) is 10.9 Å². The van der Waals surface area contributed by atoms with Crippen molar-refractivity contribution < 1.29 is 14.3 Å². The Morgan fingerprint density at radius 1 is 1.10 bits per heavy atom. The van der Waals surface area contributed by atoms with Crippen LogP contribution in [0.15, 0.2) is 78.1 Å². The number of methoxy groups -OCH3 is 1. The molecule has 0 radical (unpaired) electrons. The van der Waals surface area contributed by atoms with Gasteiger partial charge < -0.3 is 14.8 Å². The standard InChI is InChI=1S/C23H20N4O4/c1-30-20-9-8-17(11-21(20)31-14-16-5-4-10-24-12-16)26-22(28)13-27-15-25-19-7-3-2-6-18(19)23(27)29/h2-12,15H,13-14H2,1H3,(H,26,28). The summed E-state index contributed by atoms with van der Waals surface area (Å²) in [4.78, 5) is 33.4. The highest BCUT2D eigenvalue weighted by molar-refractivity contribution is 5.91. The van der Waals surface area contributed by atoms with E-state index in [1.807, 2.05) is 18.2 Å². The highest BCUT2D eigenvalue weighted by Crippen LogP contribution is 2.31. The summed E-state index contributed by atoms with van der Waals surface area (Å²) in [5.41, 5.74) is 1.75. The largest absolute Gasteiger partial charge is 0.493 e. The van der Waals surface area contributed by atoms with Crippen LogP contribution in [0.3, 0.4) is 0 Å². The molecule has 0 aliphatic rings. The molecule has 0 atom stereocenters. The number of nitrogens with zero attached hydrogens (tertiary/aromatic N) is 3. The molecule has 0 saturated heterocycles. The lowest BCUT2D eigenvalue weighted by atomic mass is 10.2. The van der Waals surface area contributed by atoms with E-state index in [2.05, 4.69) is 15.3 Å². The number of benzene rings is 2. The molecule has 156 valence electrons. The average molecular weight is 416 g/mol. The molecular formula is C23H20N4O4. The van der Waals surface area contributed by atoms with Crippen LogP contribution in [0.4, 0.5) is 5.69 Å². The van der Waals surface area contributed by atoms with Gasteiger partial charge in [0, 0.05) is 29.7 Å². The predicted octanol–water partition coefficient (Wildman–Crippen LogP) is 3.02. The second-order valence-corrected chi connectivity index (χ2v) is 6.76. The van der Waals surface area contributed by atoms with Gasteiger partial charge in [0.05, 0.1) is 24.3 Å². The van der Waals surface area contributed by atoms with Crippen LogP contribution in [0, 0.1) is 0 Å². The number of pyridine rings is 1. The Bertz CT molecular complexity index is 1270. The molecule has 2 heterocycles. The zero-order valence-electron chi connectivity index (χ0n) is 16.8. The molecule has 0 fully saturated rings. The Morgan fingerprint density at radius 3 is 2.77 bits per heavy atom. The van der Waals surface area contributed by atoms with E-state index in [1.54, 1.807) is 55.9 Å². The van der Waals surface area contributed by atoms with Gasteiger partial charge in [0.15, 0.2) is 11.5 Å². The van der Waals surface area contributed by atoms with Gasteiger partial charge in [0.1, 0.15) is 13.2 Å². The van der Waals surface area contributed by atoms with Crippen molar-refractivity contribution in [1.82, 2.24) is 14.5 Å². The van der Waals surface area contributed by atoms with Crippen LogP contribution < -0.4 is 20.3 Å². The van der Waals surface area contributed by atoms with E-state index in [9.17, 15) is 9.59 Å². The number of anilines is 1. The monoisotopic (exact) mass is 416 g/mol. The summed E-state index contributed by atoms with van der Waals surface area (Å²) in [6.07, 6.45) is 4.78. The van der Waals surface area contributed by atoms with Gasteiger partial charge in [-0.05, 0) is 30.3 Å². The summed E-state index contributed by atoms with van der Waals surface area (Å²) >= 11 is 0. The molecule has 8 heteroatoms. The van der Waals surface area contributed by atoms with Gasteiger partial charge in [-0.25, -0.2) is 4.98 Å². The van der Waals surface area contributed by atoms with Gasteiger partial charge >= 0.3 is 0 Å². The minimum Gasteiger partial charge on any atom is -0.493 e. The number of hydrogen-bond donors (Lipinski definition) is 1. The van der Waals surface area contributed by atoms with Crippen molar-refractivity contribution >= 4 is 22.5 Å². The number of hydrogen-bond acceptors (Lipinski definition) is 6. The molecular weight excluding hydrogens is 396 g/mol. The number of aromatic nitrogens is 3. The van der Waals surface area contributed by atoms with Gasteiger partial charge in [-0.2, -0.15) is 0 Å². The van der Waals surface area contributed by atoms with Crippen molar-refractivity contribution in [1.29, 1.82) is 0 Å². The molecule has 0 saturated carbocycles. The molecule has 8 nitrogen and oxygen atoms in total. The zero-order chi connectivity index (χ0) is 21.6. The molecule has 0 aliphatic carbocycles. The van der Waals surface area contributed by atoms with Crippen molar-refractivity contribution in [3.63, 3.8) is 0 Å². The highest BCUT2D eigenvalue weighted by Gasteiger charge is 2.11. The summed E-state index contributed by atoms with van der Waals surface area (Å²) < 4.78 is 12.5. The number of amides is 1. The molecule has 0 bridgehead atoms. The Morgan fingerprint density at radius 2 is 1.97 bits per heavy atom. The Hall–Kier alpha value is -4.20. The van der Waals surface area contributed by atoms with Crippen LogP contribution in [-0.4, -0.2) is 27.6 Å². The Kier molecular flexibility index (Phi) is 5.89. The molecule has 2 aromatic heterocycles. The lowest BCUT2D eigenvalue weighted by molar-refractivity contribution is -0.116. The maximum atomic E-state index is 12.6. The normalized spacial score (nSPS) is 10.6. The van der Waals surface area contributed by atoms with Crippen molar-refractivity contribution in [2.75, 3.05) is 12.4 Å². The predicted molar refractivity (Wildman–Crippen MR) is 116 cm³/mol. The number of carbonyl (C=O) groups excluding carboxylic acids is 1. The third-order valence-corrected chi connectivity index (χ3v) is 4.61. The Balaban J connectivity index is 1.48. The minimum atomic E-state index is -0.359. The molecule has 4 aromatic rings. The van der Waals surface area contributed by atoms with Crippen LogP contribution in [-0.2, 0) is 17.9 Å². The third kappa shape index (κ3) is 4.69. The Labute approximate surface area is 178 Å². The van der Waals surface area contributed by atoms with Gasteiger partial charge in [0.25, 0.3) is 5.56 Å². The third-order valence-electron chi connectivity index (χ3n) is 4.61. The van der Waals surface area contributed by atoms with E-state index in [0.717, 1.165) is 5.56 Å². The van der Waals surface area contributed by atoms with E-state index in [4.69, 9.17) is 9.47 Å². The fourth-order valence-corrected chi connectivity index (χ4v) is 3.09. The number of carbonyl (C=O) groups is 1. The highest BCUT2D eigenvalue weighted by atomic mass is 16.5. The molecule has 31 heavy (non-hydrogen) atoms. The smallest absolute Gasteiger partial charge is 0.261 e. The van der Waals surface area contributed by atoms with Gasteiger partial charge in [-0.1, -0.05) is 18.2 Å². The maximum Gasteiger partial charge on any atom is 0.261 e. The van der Waals surface area contributed by atoms with Crippen molar-refractivity contribution in [2.45, 2.75) is 13.2 Å². The van der Waals surface area contributed by atoms with Crippen LogP contribution in [0.25, 0.3) is 10.9 Å². The van der Waals surface area contributed by atoms with Crippen molar-refractivity contribution in [2.24, 2.45) is 0 Å². The number of nitrogens with one attached hydrogen (secondary N) is 1. The molecule has 4 rings (SSSR count). The number of ether oxygens (including phenoxy) is 2. The fraction of sp³-hybridized carbons (Fsp3) is 0.130. The first kappa shape index (κ1) is 20.1. The molecule has 1 N–H and O–H groups in total. The SMILES string of the molecule is COc1ccc(NC(=O)Cn2cnc3ccccc3c2=O)cc1OCc1cccnc1. The molecule has 0 unspecified atom stereocenters. The lowest BCUT2D eigenvalue weighted by Crippen LogP contribution is -2.27. The van der Waals surface area contributed by atoms with Gasteiger partial charge in [0.2, 0.25) is 5.91 Å². The summed E-state index contributed by atoms with van der Waals surface area (Å²) in [6.45, 7) is 0.147.